The fourth-order valence-corrected chi connectivity index (χ4v) is 2.86. The molecule has 0 saturated carbocycles. The highest BCUT2D eigenvalue weighted by atomic mass is 16.2. The highest BCUT2D eigenvalue weighted by molar-refractivity contribution is 6.07. The number of benzene rings is 3. The molecule has 4 aromatic rings. The van der Waals surface area contributed by atoms with E-state index < -0.39 is 0 Å². The van der Waals surface area contributed by atoms with Crippen molar-refractivity contribution in [3.05, 3.63) is 97.2 Å². The van der Waals surface area contributed by atoms with Crippen molar-refractivity contribution in [2.24, 2.45) is 0 Å². The largest absolute Gasteiger partial charge is 0.330 e. The van der Waals surface area contributed by atoms with Crippen LogP contribution in [-0.4, -0.2) is 11.0 Å². The van der Waals surface area contributed by atoms with Gasteiger partial charge in [-0.15, -0.1) is 0 Å². The summed E-state index contributed by atoms with van der Waals surface area (Å²) < 4.78 is 0. The van der Waals surface area contributed by atoms with Crippen LogP contribution in [0, 0.1) is 0 Å². The maximum Gasteiger partial charge on any atom is 0.330 e. The molecule has 0 saturated heterocycles. The van der Waals surface area contributed by atoms with Gasteiger partial charge < -0.3 is 5.32 Å². The summed E-state index contributed by atoms with van der Waals surface area (Å²) >= 11 is 0. The van der Waals surface area contributed by atoms with E-state index in [-0.39, 0.29) is 6.03 Å². The molecular weight excluding hydrogens is 322 g/mol. The summed E-state index contributed by atoms with van der Waals surface area (Å²) in [5.74, 6) is 0. The van der Waals surface area contributed by atoms with E-state index in [0.29, 0.717) is 0 Å². The van der Waals surface area contributed by atoms with Crippen molar-refractivity contribution < 1.29 is 4.79 Å². The van der Waals surface area contributed by atoms with Crippen molar-refractivity contribution in [2.75, 3.05) is 10.2 Å². The van der Waals surface area contributed by atoms with Crippen LogP contribution >= 0.6 is 0 Å². The van der Waals surface area contributed by atoms with Gasteiger partial charge in [-0.05, 0) is 48.5 Å². The van der Waals surface area contributed by atoms with E-state index in [9.17, 15) is 4.79 Å². The van der Waals surface area contributed by atoms with Crippen LogP contribution < -0.4 is 10.2 Å². The second-order valence-corrected chi connectivity index (χ2v) is 5.85. The molecule has 0 spiro atoms. The van der Waals surface area contributed by atoms with Crippen molar-refractivity contribution in [2.45, 2.75) is 0 Å². The van der Waals surface area contributed by atoms with Gasteiger partial charge in [0.2, 0.25) is 0 Å². The summed E-state index contributed by atoms with van der Waals surface area (Å²) in [4.78, 5) is 19.1. The molecule has 126 valence electrons. The van der Waals surface area contributed by atoms with Gasteiger partial charge in [0.1, 0.15) is 0 Å². The molecule has 3 aromatic carbocycles. The second kappa shape index (κ2) is 7.07. The summed E-state index contributed by atoms with van der Waals surface area (Å²) in [5, 5.41) is 3.94. The van der Waals surface area contributed by atoms with Crippen LogP contribution in [0.25, 0.3) is 10.9 Å². The van der Waals surface area contributed by atoms with Crippen LogP contribution in [0.5, 0.6) is 0 Å². The second-order valence-electron chi connectivity index (χ2n) is 5.85. The van der Waals surface area contributed by atoms with E-state index in [1.165, 1.54) is 0 Å². The Morgan fingerprint density at radius 3 is 2.27 bits per heavy atom. The topological polar surface area (TPSA) is 45.2 Å². The number of rotatable bonds is 3. The Labute approximate surface area is 151 Å². The lowest BCUT2D eigenvalue weighted by Crippen LogP contribution is -2.30. The first-order chi connectivity index (χ1) is 12.8. The molecule has 2 amide bonds. The zero-order valence-corrected chi connectivity index (χ0v) is 14.0. The van der Waals surface area contributed by atoms with Crippen LogP contribution in [0.2, 0.25) is 0 Å². The van der Waals surface area contributed by atoms with Crippen molar-refractivity contribution in [1.29, 1.82) is 0 Å². The van der Waals surface area contributed by atoms with Gasteiger partial charge in [0.25, 0.3) is 0 Å². The van der Waals surface area contributed by atoms with Crippen LogP contribution in [0.15, 0.2) is 97.2 Å². The summed E-state index contributed by atoms with van der Waals surface area (Å²) in [5.41, 5.74) is 3.22. The number of amides is 2. The van der Waals surface area contributed by atoms with Crippen LogP contribution in [0.1, 0.15) is 0 Å². The lowest BCUT2D eigenvalue weighted by molar-refractivity contribution is 0.259. The molecule has 4 heteroatoms. The Morgan fingerprint density at radius 2 is 1.50 bits per heavy atom. The summed E-state index contributed by atoms with van der Waals surface area (Å²) in [6.45, 7) is 0. The highest BCUT2D eigenvalue weighted by Crippen LogP contribution is 2.28. The quantitative estimate of drug-likeness (QED) is 0.527. The molecule has 0 unspecified atom stereocenters. The summed E-state index contributed by atoms with van der Waals surface area (Å²) in [6, 6.07) is 28.5. The molecule has 0 bridgehead atoms. The third-order valence-corrected chi connectivity index (χ3v) is 4.09. The Bertz CT molecular complexity index is 1030. The number of fused-ring (bicyclic) bond motifs is 1. The van der Waals surface area contributed by atoms with Crippen molar-refractivity contribution >= 4 is 34.0 Å². The molecule has 0 fully saturated rings. The number of nitrogens with one attached hydrogen (secondary N) is 1. The first-order valence-corrected chi connectivity index (χ1v) is 8.37. The van der Waals surface area contributed by atoms with Gasteiger partial charge in [-0.1, -0.05) is 42.5 Å². The first kappa shape index (κ1) is 15.8. The number of urea groups is 1. The van der Waals surface area contributed by atoms with Crippen LogP contribution in [0.3, 0.4) is 0 Å². The summed E-state index contributed by atoms with van der Waals surface area (Å²) in [6.07, 6.45) is 1.76. The van der Waals surface area contributed by atoms with Gasteiger partial charge in [0.05, 0.1) is 16.9 Å². The smallest absolute Gasteiger partial charge is 0.307 e. The minimum atomic E-state index is -0.217. The third-order valence-electron chi connectivity index (χ3n) is 4.09. The monoisotopic (exact) mass is 339 g/mol. The number of carbonyl (C=O) groups excluding carboxylic acids is 1. The Balaban J connectivity index is 1.76. The van der Waals surface area contributed by atoms with Gasteiger partial charge in [-0.2, -0.15) is 0 Å². The van der Waals surface area contributed by atoms with E-state index in [2.05, 4.69) is 10.3 Å². The average molecular weight is 339 g/mol. The Hall–Kier alpha value is -3.66. The third kappa shape index (κ3) is 3.26. The molecule has 4 rings (SSSR count). The lowest BCUT2D eigenvalue weighted by atomic mass is 10.1. The molecule has 0 aliphatic rings. The minimum Gasteiger partial charge on any atom is -0.307 e. The van der Waals surface area contributed by atoms with Crippen molar-refractivity contribution in [1.82, 2.24) is 4.98 Å². The van der Waals surface area contributed by atoms with Gasteiger partial charge in [-0.25, -0.2) is 4.79 Å². The predicted molar refractivity (Wildman–Crippen MR) is 106 cm³/mol. The number of hydrogen-bond acceptors (Lipinski definition) is 2. The number of pyridine rings is 1. The molecule has 0 atom stereocenters. The molecule has 1 heterocycles. The SMILES string of the molecule is O=C(Nc1ccccc1)N(c1ccccc1)c1ccc2ncccc2c1. The normalized spacial score (nSPS) is 10.5. The molecule has 26 heavy (non-hydrogen) atoms. The van der Waals surface area contributed by atoms with Gasteiger partial charge in [0.15, 0.2) is 0 Å². The van der Waals surface area contributed by atoms with Crippen LogP contribution in [0.4, 0.5) is 21.9 Å². The number of nitrogens with zero attached hydrogens (tertiary/aromatic N) is 2. The highest BCUT2D eigenvalue weighted by Gasteiger charge is 2.18. The molecule has 0 aliphatic heterocycles. The van der Waals surface area contributed by atoms with Crippen molar-refractivity contribution in [3.63, 3.8) is 0 Å². The van der Waals surface area contributed by atoms with E-state index in [1.807, 2.05) is 91.0 Å². The van der Waals surface area contributed by atoms with E-state index in [0.717, 1.165) is 28.0 Å². The molecule has 1 aromatic heterocycles. The minimum absolute atomic E-state index is 0.217. The lowest BCUT2D eigenvalue weighted by Gasteiger charge is -2.23. The maximum absolute atomic E-state index is 13.0. The van der Waals surface area contributed by atoms with Gasteiger partial charge in [-0.3, -0.25) is 9.88 Å². The number of aromatic nitrogens is 1. The van der Waals surface area contributed by atoms with Crippen LogP contribution in [-0.2, 0) is 0 Å². The Morgan fingerprint density at radius 1 is 0.769 bits per heavy atom. The fourth-order valence-electron chi connectivity index (χ4n) is 2.86. The molecular formula is C22H17N3O. The molecule has 4 nitrogen and oxygen atoms in total. The zero-order chi connectivity index (χ0) is 17.8. The number of carbonyl (C=O) groups is 1. The fraction of sp³-hybridized carbons (Fsp3) is 0. The van der Waals surface area contributed by atoms with E-state index in [4.69, 9.17) is 0 Å². The standard InChI is InChI=1S/C22H17N3O/c26-22(24-18-9-3-1-4-10-18)25(19-11-5-2-6-12-19)20-13-14-21-17(16-20)8-7-15-23-21/h1-16H,(H,24,26). The maximum atomic E-state index is 13.0. The molecule has 0 radical (unpaired) electrons. The van der Waals surface area contributed by atoms with Crippen molar-refractivity contribution in [3.8, 4) is 0 Å². The first-order valence-electron chi connectivity index (χ1n) is 8.37. The molecule has 0 aliphatic carbocycles. The van der Waals surface area contributed by atoms with E-state index in [1.54, 1.807) is 11.1 Å². The number of para-hydroxylation sites is 2. The number of hydrogen-bond donors (Lipinski definition) is 1. The number of anilines is 3. The average Bonchev–Trinajstić information content (AvgIpc) is 2.70. The van der Waals surface area contributed by atoms with Gasteiger partial charge >= 0.3 is 6.03 Å². The molecule has 1 N–H and O–H groups in total. The predicted octanol–water partition coefficient (Wildman–Crippen LogP) is 5.61. The van der Waals surface area contributed by atoms with Gasteiger partial charge in [0, 0.05) is 17.3 Å². The zero-order valence-electron chi connectivity index (χ0n) is 14.0. The summed E-state index contributed by atoms with van der Waals surface area (Å²) in [7, 11) is 0. The van der Waals surface area contributed by atoms with E-state index >= 15 is 0 Å². The Kier molecular flexibility index (Phi) is 4.31.